The van der Waals surface area contributed by atoms with Crippen molar-refractivity contribution in [1.82, 2.24) is 0 Å². The Morgan fingerprint density at radius 2 is 1.52 bits per heavy atom. The summed E-state index contributed by atoms with van der Waals surface area (Å²) in [6.07, 6.45) is 11.4. The van der Waals surface area contributed by atoms with E-state index < -0.39 is 17.8 Å². The fourth-order valence-corrected chi connectivity index (χ4v) is 3.35. The lowest BCUT2D eigenvalue weighted by Crippen LogP contribution is -2.33. The predicted molar refractivity (Wildman–Crippen MR) is 91.2 cm³/mol. The van der Waals surface area contributed by atoms with Gasteiger partial charge in [0.1, 0.15) is 0 Å². The second-order valence-corrected chi connectivity index (χ2v) is 7.31. The van der Waals surface area contributed by atoms with Gasteiger partial charge in [0.05, 0.1) is 18.4 Å². The average molecular weight is 326 g/mol. The van der Waals surface area contributed by atoms with Crippen molar-refractivity contribution in [3.05, 3.63) is 0 Å². The van der Waals surface area contributed by atoms with Crippen molar-refractivity contribution in [1.29, 1.82) is 0 Å². The lowest BCUT2D eigenvalue weighted by atomic mass is 9.79. The zero-order chi connectivity index (χ0) is 17.1. The van der Waals surface area contributed by atoms with Crippen LogP contribution in [-0.4, -0.2) is 23.7 Å². The molecule has 1 N–H and O–H groups in total. The maximum absolute atomic E-state index is 12.1. The van der Waals surface area contributed by atoms with E-state index in [-0.39, 0.29) is 5.97 Å². The average Bonchev–Trinajstić information content (AvgIpc) is 2.52. The van der Waals surface area contributed by atoms with Crippen molar-refractivity contribution < 1.29 is 19.4 Å². The number of hydrogen-bond acceptors (Lipinski definition) is 3. The van der Waals surface area contributed by atoms with E-state index in [9.17, 15) is 14.7 Å². The summed E-state index contributed by atoms with van der Waals surface area (Å²) in [5, 5.41) is 9.20. The van der Waals surface area contributed by atoms with Crippen molar-refractivity contribution in [2.45, 2.75) is 84.5 Å². The van der Waals surface area contributed by atoms with E-state index in [4.69, 9.17) is 4.74 Å². The van der Waals surface area contributed by atoms with E-state index in [1.54, 1.807) is 0 Å². The molecular weight excluding hydrogens is 292 g/mol. The van der Waals surface area contributed by atoms with E-state index in [0.717, 1.165) is 31.6 Å². The lowest BCUT2D eigenvalue weighted by molar-refractivity contribution is -0.159. The maximum Gasteiger partial charge on any atom is 0.309 e. The van der Waals surface area contributed by atoms with Crippen LogP contribution in [0.15, 0.2) is 0 Å². The Bertz CT molecular complexity index is 351. The molecule has 2 unspecified atom stereocenters. The minimum absolute atomic E-state index is 0.297. The minimum atomic E-state index is -0.854. The molecule has 0 spiro atoms. The van der Waals surface area contributed by atoms with Gasteiger partial charge in [0, 0.05) is 0 Å². The Hall–Kier alpha value is -1.06. The third-order valence-corrected chi connectivity index (χ3v) is 4.81. The molecule has 2 atom stereocenters. The van der Waals surface area contributed by atoms with E-state index in [1.807, 2.05) is 0 Å². The molecule has 0 radical (unpaired) electrons. The van der Waals surface area contributed by atoms with Gasteiger partial charge in [-0.2, -0.15) is 0 Å². The Morgan fingerprint density at radius 1 is 0.957 bits per heavy atom. The first-order chi connectivity index (χ1) is 11.0. The highest BCUT2D eigenvalue weighted by molar-refractivity contribution is 5.81. The molecule has 0 aliphatic heterocycles. The van der Waals surface area contributed by atoms with Gasteiger partial charge in [-0.3, -0.25) is 9.59 Å². The second kappa shape index (κ2) is 11.5. The Morgan fingerprint density at radius 3 is 2.13 bits per heavy atom. The smallest absolute Gasteiger partial charge is 0.309 e. The molecule has 0 aromatic carbocycles. The Kier molecular flexibility index (Phi) is 9.97. The van der Waals surface area contributed by atoms with E-state index >= 15 is 0 Å². The molecule has 1 rings (SSSR count). The summed E-state index contributed by atoms with van der Waals surface area (Å²) in [6, 6.07) is 0. The van der Waals surface area contributed by atoms with Crippen molar-refractivity contribution >= 4 is 11.9 Å². The van der Waals surface area contributed by atoms with Crippen molar-refractivity contribution in [3.8, 4) is 0 Å². The van der Waals surface area contributed by atoms with Crippen LogP contribution < -0.4 is 0 Å². The van der Waals surface area contributed by atoms with E-state index in [1.165, 1.54) is 32.1 Å². The van der Waals surface area contributed by atoms with Gasteiger partial charge in [0.15, 0.2) is 0 Å². The maximum atomic E-state index is 12.1. The van der Waals surface area contributed by atoms with Crippen LogP contribution in [0.5, 0.6) is 0 Å². The zero-order valence-electron chi connectivity index (χ0n) is 14.9. The molecule has 4 heteroatoms. The normalized spacial score (nSPS) is 21.3. The van der Waals surface area contributed by atoms with Gasteiger partial charge in [-0.15, -0.1) is 0 Å². The summed E-state index contributed by atoms with van der Waals surface area (Å²) in [4.78, 5) is 23.3. The quantitative estimate of drug-likeness (QED) is 0.437. The van der Waals surface area contributed by atoms with Crippen LogP contribution in [0.3, 0.4) is 0 Å². The van der Waals surface area contributed by atoms with Crippen molar-refractivity contribution in [2.75, 3.05) is 6.61 Å². The molecule has 4 nitrogen and oxygen atoms in total. The monoisotopic (exact) mass is 326 g/mol. The first-order valence-corrected chi connectivity index (χ1v) is 9.41. The number of carboxylic acid groups (broad SMARTS) is 1. The number of carbonyl (C=O) groups excluding carboxylic acids is 1. The molecule has 0 saturated heterocycles. The number of unbranched alkanes of at least 4 members (excludes halogenated alkanes) is 5. The number of aliphatic carboxylic acids is 1. The predicted octanol–water partition coefficient (Wildman–Crippen LogP) is 4.81. The van der Waals surface area contributed by atoms with Crippen LogP contribution in [0.2, 0.25) is 0 Å². The highest BCUT2D eigenvalue weighted by atomic mass is 16.5. The summed E-state index contributed by atoms with van der Waals surface area (Å²) >= 11 is 0. The Labute approximate surface area is 141 Å². The molecule has 1 saturated carbocycles. The molecule has 1 aliphatic rings. The zero-order valence-corrected chi connectivity index (χ0v) is 14.9. The first kappa shape index (κ1) is 20.0. The number of ether oxygens (including phenoxy) is 1. The van der Waals surface area contributed by atoms with Gasteiger partial charge >= 0.3 is 11.9 Å². The lowest BCUT2D eigenvalue weighted by Gasteiger charge is -2.26. The molecular formula is C19H34O4. The number of hydrogen-bond donors (Lipinski definition) is 1. The van der Waals surface area contributed by atoms with Gasteiger partial charge in [-0.05, 0) is 25.2 Å². The first-order valence-electron chi connectivity index (χ1n) is 9.41. The van der Waals surface area contributed by atoms with Crippen LogP contribution in [-0.2, 0) is 14.3 Å². The number of rotatable bonds is 11. The number of carboxylic acids is 1. The summed E-state index contributed by atoms with van der Waals surface area (Å²) < 4.78 is 5.32. The SMILES string of the molecule is CC(C)CCCCCCCCOC(=O)C1CCCCC1C(=O)O. The fourth-order valence-electron chi connectivity index (χ4n) is 3.35. The number of carbonyl (C=O) groups is 2. The van der Waals surface area contributed by atoms with Crippen molar-refractivity contribution in [3.63, 3.8) is 0 Å². The van der Waals surface area contributed by atoms with Gasteiger partial charge in [-0.1, -0.05) is 65.2 Å². The van der Waals surface area contributed by atoms with Gasteiger partial charge in [0.25, 0.3) is 0 Å². The molecule has 0 amide bonds. The molecule has 0 bridgehead atoms. The van der Waals surface area contributed by atoms with E-state index in [0.29, 0.717) is 19.4 Å². The molecule has 23 heavy (non-hydrogen) atoms. The van der Waals surface area contributed by atoms with Crippen LogP contribution in [0.25, 0.3) is 0 Å². The van der Waals surface area contributed by atoms with Crippen LogP contribution in [0.4, 0.5) is 0 Å². The topological polar surface area (TPSA) is 63.6 Å². The third kappa shape index (κ3) is 8.38. The Balaban J connectivity index is 2.06. The van der Waals surface area contributed by atoms with Crippen LogP contribution in [0.1, 0.15) is 84.5 Å². The highest BCUT2D eigenvalue weighted by Crippen LogP contribution is 2.31. The summed E-state index contributed by atoms with van der Waals surface area (Å²) in [5.74, 6) is -1.33. The molecule has 1 aliphatic carbocycles. The van der Waals surface area contributed by atoms with E-state index in [2.05, 4.69) is 13.8 Å². The summed E-state index contributed by atoms with van der Waals surface area (Å²) in [7, 11) is 0. The van der Waals surface area contributed by atoms with Crippen LogP contribution in [0, 0.1) is 17.8 Å². The third-order valence-electron chi connectivity index (χ3n) is 4.81. The molecule has 0 aromatic heterocycles. The number of esters is 1. The van der Waals surface area contributed by atoms with Gasteiger partial charge in [-0.25, -0.2) is 0 Å². The standard InChI is InChI=1S/C19H34O4/c1-15(2)11-7-5-3-4-6-10-14-23-19(22)17-13-9-8-12-16(17)18(20)21/h15-17H,3-14H2,1-2H3,(H,20,21). The summed E-state index contributed by atoms with van der Waals surface area (Å²) in [6.45, 7) is 4.96. The second-order valence-electron chi connectivity index (χ2n) is 7.31. The highest BCUT2D eigenvalue weighted by Gasteiger charge is 2.36. The molecule has 0 heterocycles. The van der Waals surface area contributed by atoms with Gasteiger partial charge < -0.3 is 9.84 Å². The molecule has 0 aromatic rings. The van der Waals surface area contributed by atoms with Crippen LogP contribution >= 0.6 is 0 Å². The molecule has 134 valence electrons. The van der Waals surface area contributed by atoms with Gasteiger partial charge in [0.2, 0.25) is 0 Å². The molecule has 1 fully saturated rings. The minimum Gasteiger partial charge on any atom is -0.481 e. The largest absolute Gasteiger partial charge is 0.481 e. The van der Waals surface area contributed by atoms with Crippen molar-refractivity contribution in [2.24, 2.45) is 17.8 Å². The summed E-state index contributed by atoms with van der Waals surface area (Å²) in [5.41, 5.74) is 0. The fraction of sp³-hybridized carbons (Fsp3) is 0.895.